The fourth-order valence-corrected chi connectivity index (χ4v) is 2.40. The van der Waals surface area contributed by atoms with Crippen molar-refractivity contribution in [2.24, 2.45) is 0 Å². The summed E-state index contributed by atoms with van der Waals surface area (Å²) < 4.78 is 3.09. The first kappa shape index (κ1) is 9.35. The maximum Gasteiger partial charge on any atom is 0.156 e. The average molecular weight is 330 g/mol. The van der Waals surface area contributed by atoms with Gasteiger partial charge in [-0.15, -0.1) is 0 Å². The molecular formula is C10H5ClIN3. The first-order valence-corrected chi connectivity index (χ1v) is 5.78. The summed E-state index contributed by atoms with van der Waals surface area (Å²) in [6, 6.07) is 5.65. The highest BCUT2D eigenvalue weighted by atomic mass is 127. The normalized spacial score (nSPS) is 11.3. The molecule has 0 fully saturated rings. The Morgan fingerprint density at radius 3 is 2.93 bits per heavy atom. The molecule has 0 atom stereocenters. The van der Waals surface area contributed by atoms with E-state index in [2.05, 4.69) is 32.6 Å². The molecule has 1 aromatic carbocycles. The summed E-state index contributed by atoms with van der Waals surface area (Å²) in [6.07, 6.45) is 3.58. The van der Waals surface area contributed by atoms with Crippen LogP contribution in [0.4, 0.5) is 0 Å². The number of rotatable bonds is 0. The molecule has 15 heavy (non-hydrogen) atoms. The van der Waals surface area contributed by atoms with E-state index in [1.807, 2.05) is 28.8 Å². The minimum absolute atomic E-state index is 0.710. The average Bonchev–Trinajstić information content (AvgIpc) is 2.60. The van der Waals surface area contributed by atoms with Gasteiger partial charge in [0.05, 0.1) is 23.4 Å². The second kappa shape index (κ2) is 3.31. The molecule has 2 aromatic heterocycles. The summed E-state index contributed by atoms with van der Waals surface area (Å²) >= 11 is 8.22. The van der Waals surface area contributed by atoms with Crippen LogP contribution in [0.5, 0.6) is 0 Å². The van der Waals surface area contributed by atoms with Crippen molar-refractivity contribution in [3.63, 3.8) is 0 Å². The van der Waals surface area contributed by atoms with Crippen LogP contribution in [-0.2, 0) is 0 Å². The zero-order chi connectivity index (χ0) is 10.4. The Morgan fingerprint density at radius 2 is 2.07 bits per heavy atom. The lowest BCUT2D eigenvalue weighted by atomic mass is 10.3. The molecule has 0 amide bonds. The van der Waals surface area contributed by atoms with Gasteiger partial charge in [-0.1, -0.05) is 11.6 Å². The van der Waals surface area contributed by atoms with Crippen LogP contribution in [0.2, 0.25) is 5.02 Å². The van der Waals surface area contributed by atoms with Gasteiger partial charge in [0.1, 0.15) is 3.70 Å². The van der Waals surface area contributed by atoms with E-state index >= 15 is 0 Å². The van der Waals surface area contributed by atoms with Crippen molar-refractivity contribution in [3.8, 4) is 0 Å². The topological polar surface area (TPSA) is 30.2 Å². The molecule has 0 saturated heterocycles. The summed E-state index contributed by atoms with van der Waals surface area (Å²) in [5.74, 6) is 0. The molecule has 0 radical (unpaired) electrons. The van der Waals surface area contributed by atoms with Crippen LogP contribution >= 0.6 is 34.2 Å². The number of fused-ring (bicyclic) bond motifs is 3. The summed E-state index contributed by atoms with van der Waals surface area (Å²) in [7, 11) is 0. The van der Waals surface area contributed by atoms with Crippen molar-refractivity contribution in [2.75, 3.05) is 0 Å². The van der Waals surface area contributed by atoms with E-state index in [0.717, 1.165) is 20.4 Å². The van der Waals surface area contributed by atoms with E-state index in [0.29, 0.717) is 5.02 Å². The third-order valence-electron chi connectivity index (χ3n) is 2.24. The van der Waals surface area contributed by atoms with E-state index in [-0.39, 0.29) is 0 Å². The number of hydrogen-bond donors (Lipinski definition) is 0. The van der Waals surface area contributed by atoms with E-state index in [1.54, 1.807) is 6.20 Å². The minimum atomic E-state index is 0.710. The Morgan fingerprint density at radius 1 is 1.20 bits per heavy atom. The smallest absolute Gasteiger partial charge is 0.156 e. The Kier molecular flexibility index (Phi) is 2.07. The molecule has 74 valence electrons. The number of imidazole rings is 1. The van der Waals surface area contributed by atoms with Gasteiger partial charge in [-0.05, 0) is 40.8 Å². The predicted octanol–water partition coefficient (Wildman–Crippen LogP) is 3.14. The molecule has 2 heterocycles. The molecule has 3 aromatic rings. The second-order valence-corrected chi connectivity index (χ2v) is 4.71. The van der Waals surface area contributed by atoms with Gasteiger partial charge in [0.15, 0.2) is 5.65 Å². The van der Waals surface area contributed by atoms with Crippen LogP contribution in [0.3, 0.4) is 0 Å². The highest BCUT2D eigenvalue weighted by Gasteiger charge is 2.05. The van der Waals surface area contributed by atoms with Crippen LogP contribution in [0.25, 0.3) is 16.7 Å². The van der Waals surface area contributed by atoms with Crippen molar-refractivity contribution < 1.29 is 0 Å². The Bertz CT molecular complexity index is 662. The van der Waals surface area contributed by atoms with Crippen LogP contribution in [0, 0.1) is 3.70 Å². The van der Waals surface area contributed by atoms with Crippen molar-refractivity contribution in [2.45, 2.75) is 0 Å². The van der Waals surface area contributed by atoms with Crippen molar-refractivity contribution in [1.29, 1.82) is 0 Å². The minimum Gasteiger partial charge on any atom is -0.284 e. The first-order chi connectivity index (χ1) is 7.25. The largest absolute Gasteiger partial charge is 0.284 e. The van der Waals surface area contributed by atoms with Gasteiger partial charge in [0.2, 0.25) is 0 Å². The van der Waals surface area contributed by atoms with Crippen molar-refractivity contribution in [1.82, 2.24) is 14.4 Å². The molecular weight excluding hydrogens is 324 g/mol. The lowest BCUT2D eigenvalue weighted by molar-refractivity contribution is 1.18. The standard InChI is InChI=1S/C10H5ClIN3/c11-6-1-2-7-8(3-6)15-9(12)4-14-10(15)5-13-7/h1-5H. The third kappa shape index (κ3) is 1.39. The van der Waals surface area contributed by atoms with E-state index in [4.69, 9.17) is 11.6 Å². The Labute approximate surface area is 104 Å². The molecule has 0 spiro atoms. The van der Waals surface area contributed by atoms with Gasteiger partial charge in [-0.25, -0.2) is 4.98 Å². The van der Waals surface area contributed by atoms with Gasteiger partial charge < -0.3 is 0 Å². The molecule has 5 heteroatoms. The monoisotopic (exact) mass is 329 g/mol. The summed E-state index contributed by atoms with van der Waals surface area (Å²) in [5.41, 5.74) is 2.75. The molecule has 0 aliphatic carbocycles. The molecule has 0 N–H and O–H groups in total. The molecule has 0 unspecified atom stereocenters. The fraction of sp³-hybridized carbons (Fsp3) is 0. The van der Waals surface area contributed by atoms with E-state index in [9.17, 15) is 0 Å². The summed E-state index contributed by atoms with van der Waals surface area (Å²) in [6.45, 7) is 0. The zero-order valence-corrected chi connectivity index (χ0v) is 10.4. The van der Waals surface area contributed by atoms with Gasteiger partial charge in [-0.3, -0.25) is 9.38 Å². The summed E-state index contributed by atoms with van der Waals surface area (Å²) in [5, 5.41) is 0.710. The molecule has 0 aliphatic rings. The first-order valence-electron chi connectivity index (χ1n) is 4.33. The van der Waals surface area contributed by atoms with Crippen LogP contribution in [0.15, 0.2) is 30.6 Å². The van der Waals surface area contributed by atoms with Crippen molar-refractivity contribution >= 4 is 50.9 Å². The number of aromatic nitrogens is 3. The Hall–Kier alpha value is -0.880. The number of halogens is 2. The zero-order valence-electron chi connectivity index (χ0n) is 7.48. The SMILES string of the molecule is Clc1ccc2ncc3ncc(I)n3c2c1. The van der Waals surface area contributed by atoms with Gasteiger partial charge in [0.25, 0.3) is 0 Å². The Balaban J connectivity index is 2.61. The highest BCUT2D eigenvalue weighted by Crippen LogP contribution is 2.20. The molecule has 0 aliphatic heterocycles. The predicted molar refractivity (Wildman–Crippen MR) is 68.2 cm³/mol. The van der Waals surface area contributed by atoms with Crippen LogP contribution in [-0.4, -0.2) is 14.4 Å². The van der Waals surface area contributed by atoms with Crippen molar-refractivity contribution in [3.05, 3.63) is 39.3 Å². The number of hydrogen-bond acceptors (Lipinski definition) is 2. The molecule has 3 rings (SSSR count). The van der Waals surface area contributed by atoms with Gasteiger partial charge in [-0.2, -0.15) is 0 Å². The molecule has 3 nitrogen and oxygen atoms in total. The van der Waals surface area contributed by atoms with Crippen LogP contribution in [0.1, 0.15) is 0 Å². The lowest BCUT2D eigenvalue weighted by Crippen LogP contribution is -1.92. The fourth-order valence-electron chi connectivity index (χ4n) is 1.59. The highest BCUT2D eigenvalue weighted by molar-refractivity contribution is 14.1. The quantitative estimate of drug-likeness (QED) is 0.593. The van der Waals surface area contributed by atoms with Gasteiger partial charge >= 0.3 is 0 Å². The third-order valence-corrected chi connectivity index (χ3v) is 3.24. The van der Waals surface area contributed by atoms with E-state index in [1.165, 1.54) is 0 Å². The molecule has 0 saturated carbocycles. The lowest BCUT2D eigenvalue weighted by Gasteiger charge is -2.02. The van der Waals surface area contributed by atoms with Gasteiger partial charge in [0, 0.05) is 5.02 Å². The maximum absolute atomic E-state index is 5.97. The molecule has 0 bridgehead atoms. The van der Waals surface area contributed by atoms with E-state index < -0.39 is 0 Å². The number of nitrogens with zero attached hydrogens (tertiary/aromatic N) is 3. The summed E-state index contributed by atoms with van der Waals surface area (Å²) in [4.78, 5) is 8.57. The maximum atomic E-state index is 5.97. The number of benzene rings is 1. The van der Waals surface area contributed by atoms with Crippen LogP contribution < -0.4 is 0 Å². The second-order valence-electron chi connectivity index (χ2n) is 3.17.